The van der Waals surface area contributed by atoms with Crippen LogP contribution in [0.5, 0.6) is 0 Å². The van der Waals surface area contributed by atoms with E-state index in [2.05, 4.69) is 6.58 Å². The van der Waals surface area contributed by atoms with Crippen LogP contribution in [0.4, 0.5) is 52.7 Å². The van der Waals surface area contributed by atoms with E-state index in [0.717, 1.165) is 0 Å². The van der Waals surface area contributed by atoms with Crippen molar-refractivity contribution in [2.75, 3.05) is 6.54 Å². The molecule has 0 saturated carbocycles. The van der Waals surface area contributed by atoms with Gasteiger partial charge in [-0.05, 0) is 12.8 Å². The summed E-state index contributed by atoms with van der Waals surface area (Å²) in [6.07, 6.45) is -12.6. The maximum atomic E-state index is 13.3. The summed E-state index contributed by atoms with van der Waals surface area (Å²) in [5, 5.41) is -7.08. The lowest BCUT2D eigenvalue weighted by Crippen LogP contribution is -2.66. The molecule has 0 aliphatic heterocycles. The summed E-state index contributed by atoms with van der Waals surface area (Å²) in [5.41, 5.74) is 4.91. The van der Waals surface area contributed by atoms with Crippen LogP contribution in [0.25, 0.3) is 0 Å². The number of rotatable bonds is 11. The van der Waals surface area contributed by atoms with Gasteiger partial charge >= 0.3 is 39.3 Å². The van der Waals surface area contributed by atoms with E-state index in [-0.39, 0.29) is 0 Å². The zero-order valence-electron chi connectivity index (χ0n) is 15.4. The second kappa shape index (κ2) is 11.1. The minimum Gasteiger partial charge on any atom is -0.327 e. The second-order valence-electron chi connectivity index (χ2n) is 5.97. The molecular weight excluding hydrogens is 490 g/mol. The van der Waals surface area contributed by atoms with Gasteiger partial charge in [0.2, 0.25) is 0 Å². The van der Waals surface area contributed by atoms with Crippen molar-refractivity contribution in [1.29, 1.82) is 0 Å². The quantitative estimate of drug-likeness (QED) is 0.170. The standard InChI is InChI=1S/C11H12F12O3S.C3H7N/c12-6(4-2-1-3-5-7(13,14)15)8(16,17)9(18,19)10(20,21)11(22,23)27(24,25)26;1-2-3-4/h6H,1-5H2,(H,24,25,26);2H,1,3-4H2. The fraction of sp³-hybridized carbons (Fsp3) is 0.857. The van der Waals surface area contributed by atoms with Crippen molar-refractivity contribution >= 4 is 10.1 Å². The van der Waals surface area contributed by atoms with E-state index in [0.29, 0.717) is 6.54 Å². The van der Waals surface area contributed by atoms with E-state index in [4.69, 9.17) is 10.3 Å². The Kier molecular flexibility index (Phi) is 11.4. The molecule has 0 radical (unpaired) electrons. The molecule has 188 valence electrons. The summed E-state index contributed by atoms with van der Waals surface area (Å²) in [6, 6.07) is 0. The number of nitrogens with two attached hydrogens (primary N) is 1. The van der Waals surface area contributed by atoms with Crippen molar-refractivity contribution in [3.63, 3.8) is 0 Å². The molecule has 0 fully saturated rings. The molecule has 17 heteroatoms. The van der Waals surface area contributed by atoms with Crippen molar-refractivity contribution in [3.05, 3.63) is 12.7 Å². The number of halogens is 12. The van der Waals surface area contributed by atoms with Crippen molar-refractivity contribution < 1.29 is 65.7 Å². The van der Waals surface area contributed by atoms with E-state index < -0.39 is 77.6 Å². The zero-order valence-corrected chi connectivity index (χ0v) is 16.2. The third-order valence-electron chi connectivity index (χ3n) is 3.48. The Morgan fingerprint density at radius 1 is 0.871 bits per heavy atom. The van der Waals surface area contributed by atoms with Crippen LogP contribution in [0.1, 0.15) is 32.1 Å². The van der Waals surface area contributed by atoms with Gasteiger partial charge in [0, 0.05) is 13.0 Å². The molecule has 3 N–H and O–H groups in total. The zero-order chi connectivity index (χ0) is 25.5. The first-order chi connectivity index (χ1) is 13.5. The Morgan fingerprint density at radius 2 is 1.29 bits per heavy atom. The lowest BCUT2D eigenvalue weighted by molar-refractivity contribution is -0.359. The predicted molar refractivity (Wildman–Crippen MR) is 84.6 cm³/mol. The largest absolute Gasteiger partial charge is 0.438 e. The minimum atomic E-state index is -7.42. The van der Waals surface area contributed by atoms with Crippen molar-refractivity contribution in [3.8, 4) is 0 Å². The van der Waals surface area contributed by atoms with Gasteiger partial charge in [-0.3, -0.25) is 4.55 Å². The van der Waals surface area contributed by atoms with Gasteiger partial charge in [0.15, 0.2) is 6.17 Å². The Labute approximate surface area is 169 Å². The summed E-state index contributed by atoms with van der Waals surface area (Å²) in [6.45, 7) is 3.94. The Hall–Kier alpha value is -1.23. The number of unbranched alkanes of at least 4 members (excludes halogenated alkanes) is 2. The molecule has 0 aliphatic carbocycles. The van der Waals surface area contributed by atoms with Gasteiger partial charge in [0.1, 0.15) is 0 Å². The fourth-order valence-corrected chi connectivity index (χ4v) is 2.21. The average molecular weight is 509 g/mol. The smallest absolute Gasteiger partial charge is 0.327 e. The molecule has 0 aromatic carbocycles. The lowest BCUT2D eigenvalue weighted by atomic mass is 9.96. The maximum absolute atomic E-state index is 13.3. The van der Waals surface area contributed by atoms with Crippen molar-refractivity contribution in [1.82, 2.24) is 0 Å². The van der Waals surface area contributed by atoms with Crippen LogP contribution in [0.15, 0.2) is 12.7 Å². The van der Waals surface area contributed by atoms with Crippen LogP contribution in [0.3, 0.4) is 0 Å². The summed E-state index contributed by atoms with van der Waals surface area (Å²) < 4.78 is 182. The highest BCUT2D eigenvalue weighted by molar-refractivity contribution is 7.87. The highest BCUT2D eigenvalue weighted by Crippen LogP contribution is 2.55. The van der Waals surface area contributed by atoms with Crippen molar-refractivity contribution in [2.24, 2.45) is 5.73 Å². The van der Waals surface area contributed by atoms with E-state index >= 15 is 0 Å². The monoisotopic (exact) mass is 509 g/mol. The molecule has 0 heterocycles. The normalized spacial score (nSPS) is 15.2. The summed E-state index contributed by atoms with van der Waals surface area (Å²) in [4.78, 5) is 0. The molecule has 0 rings (SSSR count). The molecule has 0 aromatic heterocycles. The van der Waals surface area contributed by atoms with Crippen molar-refractivity contribution in [2.45, 2.75) is 67.5 Å². The minimum absolute atomic E-state index is 0.583. The first-order valence-electron chi connectivity index (χ1n) is 8.04. The van der Waals surface area contributed by atoms with E-state index in [9.17, 15) is 61.1 Å². The van der Waals surface area contributed by atoms with Crippen LogP contribution in [-0.4, -0.2) is 54.9 Å². The maximum Gasteiger partial charge on any atom is 0.438 e. The summed E-state index contributed by atoms with van der Waals surface area (Å²) in [5.74, 6) is -21.2. The number of hydrogen-bond acceptors (Lipinski definition) is 3. The molecule has 1 unspecified atom stereocenters. The molecule has 0 bridgehead atoms. The third-order valence-corrected chi connectivity index (χ3v) is 4.38. The van der Waals surface area contributed by atoms with E-state index in [1.54, 1.807) is 6.08 Å². The second-order valence-corrected chi connectivity index (χ2v) is 7.43. The van der Waals surface area contributed by atoms with Gasteiger partial charge < -0.3 is 5.73 Å². The van der Waals surface area contributed by atoms with Crippen LogP contribution >= 0.6 is 0 Å². The topological polar surface area (TPSA) is 80.4 Å². The molecule has 0 amide bonds. The molecule has 31 heavy (non-hydrogen) atoms. The Bertz CT molecular complexity index is 664. The predicted octanol–water partition coefficient (Wildman–Crippen LogP) is 5.35. The van der Waals surface area contributed by atoms with Gasteiger partial charge in [0.05, 0.1) is 0 Å². The van der Waals surface area contributed by atoms with Gasteiger partial charge in [-0.15, -0.1) is 6.58 Å². The van der Waals surface area contributed by atoms with Gasteiger partial charge in [-0.1, -0.05) is 18.9 Å². The van der Waals surface area contributed by atoms with Gasteiger partial charge in [-0.2, -0.15) is 56.7 Å². The van der Waals surface area contributed by atoms with Gasteiger partial charge in [0.25, 0.3) is 0 Å². The Balaban J connectivity index is 0. The van der Waals surface area contributed by atoms with Crippen LogP contribution in [0.2, 0.25) is 0 Å². The molecular formula is C14H19F12NO3S. The first-order valence-corrected chi connectivity index (χ1v) is 9.48. The van der Waals surface area contributed by atoms with Crippen LogP contribution < -0.4 is 5.73 Å². The Morgan fingerprint density at radius 3 is 1.61 bits per heavy atom. The molecule has 0 aromatic rings. The highest BCUT2D eigenvalue weighted by atomic mass is 32.2. The highest BCUT2D eigenvalue weighted by Gasteiger charge is 2.85. The third kappa shape index (κ3) is 8.00. The first kappa shape index (κ1) is 32.0. The lowest BCUT2D eigenvalue weighted by Gasteiger charge is -2.36. The van der Waals surface area contributed by atoms with E-state index in [1.807, 2.05) is 0 Å². The van der Waals surface area contributed by atoms with Crippen LogP contribution in [-0.2, 0) is 10.1 Å². The molecule has 0 spiro atoms. The van der Waals surface area contributed by atoms with E-state index in [1.165, 1.54) is 0 Å². The average Bonchev–Trinajstić information content (AvgIpc) is 2.58. The molecule has 4 nitrogen and oxygen atoms in total. The molecule has 0 saturated heterocycles. The summed E-state index contributed by atoms with van der Waals surface area (Å²) in [7, 11) is -7.29. The molecule has 1 atom stereocenters. The number of hydrogen-bond donors (Lipinski definition) is 2. The summed E-state index contributed by atoms with van der Waals surface area (Å²) >= 11 is 0. The number of alkyl halides is 12. The SMILES string of the molecule is C=CCN.O=S(=O)(O)C(F)(F)C(F)(F)C(F)(F)C(F)(F)C(F)CCCCCC(F)(F)F. The fourth-order valence-electron chi connectivity index (χ4n) is 1.76. The van der Waals surface area contributed by atoms with Crippen LogP contribution in [0, 0.1) is 0 Å². The van der Waals surface area contributed by atoms with Gasteiger partial charge in [-0.25, -0.2) is 4.39 Å². The molecule has 0 aliphatic rings.